The summed E-state index contributed by atoms with van der Waals surface area (Å²) in [6, 6.07) is 8.49. The summed E-state index contributed by atoms with van der Waals surface area (Å²) in [6.45, 7) is 7.57. The van der Waals surface area contributed by atoms with E-state index in [-0.39, 0.29) is 62.2 Å². The lowest BCUT2D eigenvalue weighted by molar-refractivity contribution is -0.890. The van der Waals surface area contributed by atoms with Crippen LogP contribution in [0.2, 0.25) is 13.1 Å². The fraction of sp³-hybridized carbons (Fsp3) is 0.513. The van der Waals surface area contributed by atoms with Gasteiger partial charge in [-0.25, -0.2) is 16.8 Å². The molecule has 2 aliphatic rings. The first kappa shape index (κ1) is 47.6. The van der Waals surface area contributed by atoms with Crippen molar-refractivity contribution < 1.29 is 63.8 Å². The van der Waals surface area contributed by atoms with Crippen LogP contribution < -0.4 is 14.7 Å². The van der Waals surface area contributed by atoms with Gasteiger partial charge in [0.05, 0.1) is 93.6 Å². The highest BCUT2D eigenvalue weighted by molar-refractivity contribution is 7.85. The molecule has 1 aliphatic heterocycles. The molecular weight excluding hydrogens is 823 g/mol. The molecule has 0 aromatic heterocycles. The molecule has 20 heteroatoms. The molecule has 1 N–H and O–H groups in total. The number of allylic oxidation sites excluding steroid dienone is 5. The molecule has 0 saturated carbocycles. The zero-order valence-corrected chi connectivity index (χ0v) is 37.1. The molecule has 59 heavy (non-hydrogen) atoms. The number of azide groups is 1. The Kier molecular flexibility index (Phi) is 16.1. The van der Waals surface area contributed by atoms with Crippen molar-refractivity contribution in [2.45, 2.75) is 25.9 Å². The standard InChI is InChI=1S/C39H55N5O12S2Si/c1-43(2,13-7-23-57(47,48)49)15-17-53-19-21-55-35-28-36(56-22-20-54-18-16-44(3,4)14-8-24-58(50,51)52)34(41-42-40)27-33(35)39-31-11-9-29(45)25-37(31)59(5,6)38-26-30(46)10-12-32(38)39/h9-12,25-28H,7-8,13-24H2,1-6H3,(H-2,45,46,47,48,49,50,51,52). The van der Waals surface area contributed by atoms with Crippen LogP contribution >= 0.6 is 0 Å². The van der Waals surface area contributed by atoms with E-state index in [9.17, 15) is 41.4 Å². The molecule has 324 valence electrons. The van der Waals surface area contributed by atoms with Crippen LogP contribution in [0.25, 0.3) is 16.0 Å². The molecule has 1 aliphatic carbocycles. The summed E-state index contributed by atoms with van der Waals surface area (Å²) in [4.78, 5) is 15.8. The number of hydrogen-bond acceptors (Lipinski definition) is 13. The second-order valence-corrected chi connectivity index (χ2v) is 23.7. The molecule has 2 aromatic carbocycles. The molecule has 1 heterocycles. The Morgan fingerprint density at radius 3 is 1.86 bits per heavy atom. The first-order valence-corrected chi connectivity index (χ1v) is 25.4. The number of ether oxygens (including phenoxy) is 4. The Morgan fingerprint density at radius 1 is 0.763 bits per heavy atom. The number of hydrogen-bond donors (Lipinski definition) is 1. The minimum atomic E-state index is -4.28. The highest BCUT2D eigenvalue weighted by Crippen LogP contribution is 2.47. The van der Waals surface area contributed by atoms with Gasteiger partial charge in [-0.3, -0.25) is 4.79 Å². The number of carbonyl (C=O) groups excluding carboxylic acids is 1. The third-order valence-corrected chi connectivity index (χ3v) is 15.4. The number of quaternary nitrogens is 2. The minimum Gasteiger partial charge on any atom is -0.748 e. The first-order chi connectivity index (χ1) is 27.5. The number of benzene rings is 2. The normalized spacial score (nSPS) is 15.3. The fourth-order valence-electron chi connectivity index (χ4n) is 7.02. The third kappa shape index (κ3) is 14.3. The van der Waals surface area contributed by atoms with Crippen LogP contribution in [0.15, 0.2) is 64.4 Å². The van der Waals surface area contributed by atoms with Gasteiger partial charge in [0.15, 0.2) is 5.78 Å². The summed E-state index contributed by atoms with van der Waals surface area (Å²) >= 11 is 0. The largest absolute Gasteiger partial charge is 0.748 e. The number of likely N-dealkylation sites (N-methyl/N-ethyl adjacent to an activating group) is 2. The Labute approximate surface area is 347 Å². The number of aromatic hydroxyl groups is 1. The number of carbonyl (C=O) groups is 1. The highest BCUT2D eigenvalue weighted by Gasteiger charge is 2.40. The summed E-state index contributed by atoms with van der Waals surface area (Å²) in [5.41, 5.74) is 12.7. The van der Waals surface area contributed by atoms with Crippen LogP contribution in [-0.2, 0) is 34.5 Å². The molecule has 0 saturated heterocycles. The van der Waals surface area contributed by atoms with Gasteiger partial charge >= 0.3 is 0 Å². The van der Waals surface area contributed by atoms with Crippen molar-refractivity contribution in [3.63, 3.8) is 0 Å². The van der Waals surface area contributed by atoms with E-state index in [1.165, 1.54) is 6.08 Å². The SMILES string of the molecule is C[N+](C)(CCCS(=O)(=O)[O-])CCOCCOc1cc(OCCOCC[N+](C)(C)CCCS(=O)(=O)[O-])c(C2=C3C=CC(=O)C=C3[Si](C)(C)c3cc(O)ccc32)cc1N=[N+]=[N-]. The van der Waals surface area contributed by atoms with E-state index in [1.807, 2.05) is 34.3 Å². The van der Waals surface area contributed by atoms with Gasteiger partial charge in [0.2, 0.25) is 0 Å². The van der Waals surface area contributed by atoms with Gasteiger partial charge < -0.3 is 42.1 Å². The summed E-state index contributed by atoms with van der Waals surface area (Å²) in [5.74, 6) is -0.284. The molecule has 0 fully saturated rings. The maximum Gasteiger partial charge on any atom is 0.178 e. The van der Waals surface area contributed by atoms with Crippen molar-refractivity contribution in [1.29, 1.82) is 0 Å². The average molecular weight is 878 g/mol. The summed E-state index contributed by atoms with van der Waals surface area (Å²) in [5, 5.41) is 16.3. The first-order valence-electron chi connectivity index (χ1n) is 19.2. The predicted octanol–water partition coefficient (Wildman–Crippen LogP) is 3.48. The van der Waals surface area contributed by atoms with E-state index in [0.717, 1.165) is 27.1 Å². The number of phenols is 1. The van der Waals surface area contributed by atoms with Gasteiger partial charge in [0.25, 0.3) is 0 Å². The van der Waals surface area contributed by atoms with Crippen LogP contribution in [0.3, 0.4) is 0 Å². The molecule has 0 unspecified atom stereocenters. The quantitative estimate of drug-likeness (QED) is 0.0304. The van der Waals surface area contributed by atoms with Gasteiger partial charge in [0.1, 0.15) is 51.6 Å². The second kappa shape index (κ2) is 20.0. The lowest BCUT2D eigenvalue weighted by Gasteiger charge is -2.37. The zero-order valence-electron chi connectivity index (χ0n) is 34.5. The number of nitrogens with zero attached hydrogens (tertiary/aromatic N) is 5. The van der Waals surface area contributed by atoms with Gasteiger partial charge in [-0.15, -0.1) is 0 Å². The molecule has 0 amide bonds. The highest BCUT2D eigenvalue weighted by atomic mass is 32.2. The smallest absolute Gasteiger partial charge is 0.178 e. The van der Waals surface area contributed by atoms with E-state index in [0.29, 0.717) is 59.7 Å². The van der Waals surface area contributed by atoms with Crippen molar-refractivity contribution >= 4 is 50.5 Å². The number of rotatable bonds is 24. The van der Waals surface area contributed by atoms with Crippen LogP contribution in [0.5, 0.6) is 17.2 Å². The second-order valence-electron chi connectivity index (χ2n) is 16.4. The van der Waals surface area contributed by atoms with E-state index in [1.54, 1.807) is 36.4 Å². The lowest BCUT2D eigenvalue weighted by Crippen LogP contribution is -2.49. The monoisotopic (exact) mass is 877 g/mol. The van der Waals surface area contributed by atoms with Crippen molar-refractivity contribution in [2.24, 2.45) is 5.11 Å². The van der Waals surface area contributed by atoms with E-state index in [4.69, 9.17) is 18.9 Å². The molecule has 0 radical (unpaired) electrons. The Bertz CT molecular complexity index is 2230. The third-order valence-electron chi connectivity index (χ3n) is 10.3. The molecule has 0 atom stereocenters. The Morgan fingerprint density at radius 2 is 1.32 bits per heavy atom. The summed E-state index contributed by atoms with van der Waals surface area (Å²) in [6.07, 6.45) is 5.42. The van der Waals surface area contributed by atoms with Crippen molar-refractivity contribution in [1.82, 2.24) is 0 Å². The van der Waals surface area contributed by atoms with E-state index >= 15 is 0 Å². The van der Waals surface area contributed by atoms with Gasteiger partial charge in [-0.2, -0.15) is 0 Å². The molecule has 0 spiro atoms. The maximum atomic E-state index is 12.7. The molecule has 4 rings (SSSR count). The van der Waals surface area contributed by atoms with Crippen molar-refractivity contribution in [3.05, 3.63) is 80.9 Å². The van der Waals surface area contributed by atoms with Crippen LogP contribution in [0.4, 0.5) is 5.69 Å². The van der Waals surface area contributed by atoms with E-state index in [2.05, 4.69) is 23.1 Å². The van der Waals surface area contributed by atoms with E-state index < -0.39 is 39.8 Å². The fourth-order valence-corrected chi connectivity index (χ4v) is 11.1. The van der Waals surface area contributed by atoms with Gasteiger partial charge in [-0.05, 0) is 63.0 Å². The number of fused-ring (bicyclic) bond motifs is 2. The zero-order chi connectivity index (χ0) is 43.6. The Hall–Kier alpha value is -4.08. The molecule has 0 bridgehead atoms. The average Bonchev–Trinajstić information content (AvgIpc) is 3.11. The molecule has 2 aromatic rings. The van der Waals surface area contributed by atoms with Crippen LogP contribution in [0.1, 0.15) is 24.0 Å². The molecule has 17 nitrogen and oxygen atoms in total. The van der Waals surface area contributed by atoms with Crippen LogP contribution in [0, 0.1) is 0 Å². The maximum absolute atomic E-state index is 12.7. The number of phenolic OH excluding ortho intramolecular Hbond substituents is 1. The number of ketones is 1. The van der Waals surface area contributed by atoms with Crippen molar-refractivity contribution in [3.8, 4) is 17.2 Å². The van der Waals surface area contributed by atoms with Gasteiger partial charge in [-0.1, -0.05) is 30.4 Å². The van der Waals surface area contributed by atoms with Crippen LogP contribution in [-0.4, -0.2) is 159 Å². The Balaban J connectivity index is 1.59. The lowest BCUT2D eigenvalue weighted by atomic mass is 9.89. The van der Waals surface area contributed by atoms with Gasteiger partial charge in [0, 0.05) is 40.9 Å². The predicted molar refractivity (Wildman–Crippen MR) is 223 cm³/mol. The molecular formula is C39H55N5O12S2Si. The van der Waals surface area contributed by atoms with Crippen molar-refractivity contribution in [2.75, 3.05) is 106 Å². The summed E-state index contributed by atoms with van der Waals surface area (Å²) in [7, 11) is -3.38. The topological polar surface area (TPSA) is 237 Å². The summed E-state index contributed by atoms with van der Waals surface area (Å²) < 4.78 is 91.2. The minimum absolute atomic E-state index is 0.0834.